The molecule has 0 bridgehead atoms. The van der Waals surface area contributed by atoms with Crippen LogP contribution in [0.4, 0.5) is 0 Å². The molecule has 1 spiro atoms. The third-order valence-electron chi connectivity index (χ3n) is 3.55. The van der Waals surface area contributed by atoms with E-state index in [-0.39, 0.29) is 17.5 Å². The van der Waals surface area contributed by atoms with E-state index in [9.17, 15) is 9.59 Å². The molecular formula is C10H10O2. The molecule has 0 N–H and O–H groups in total. The van der Waals surface area contributed by atoms with E-state index >= 15 is 0 Å². The van der Waals surface area contributed by atoms with Gasteiger partial charge in [0.25, 0.3) is 0 Å². The van der Waals surface area contributed by atoms with Gasteiger partial charge >= 0.3 is 0 Å². The number of allylic oxidation sites excluding steroid dienone is 2. The first kappa shape index (κ1) is 6.58. The van der Waals surface area contributed by atoms with Crippen LogP contribution >= 0.6 is 0 Å². The number of rotatable bonds is 0. The first-order chi connectivity index (χ1) is 5.74. The van der Waals surface area contributed by atoms with Crippen molar-refractivity contribution in [2.45, 2.75) is 19.3 Å². The van der Waals surface area contributed by atoms with E-state index in [1.54, 1.807) is 6.08 Å². The van der Waals surface area contributed by atoms with E-state index < -0.39 is 5.41 Å². The van der Waals surface area contributed by atoms with Gasteiger partial charge in [0.05, 0.1) is 5.41 Å². The molecule has 0 aromatic heterocycles. The Balaban J connectivity index is 2.03. The molecule has 0 aromatic rings. The highest BCUT2D eigenvalue weighted by molar-refractivity contribution is 6.16. The lowest BCUT2D eigenvalue weighted by atomic mass is 9.79. The highest BCUT2D eigenvalue weighted by atomic mass is 16.2. The van der Waals surface area contributed by atoms with Crippen LogP contribution in [0.5, 0.6) is 0 Å². The Labute approximate surface area is 70.6 Å². The van der Waals surface area contributed by atoms with Gasteiger partial charge in [0.2, 0.25) is 0 Å². The number of hydrogen-bond donors (Lipinski definition) is 0. The number of carbonyl (C=O) groups is 2. The zero-order valence-corrected chi connectivity index (χ0v) is 6.75. The van der Waals surface area contributed by atoms with Crippen LogP contribution in [0.3, 0.4) is 0 Å². The summed E-state index contributed by atoms with van der Waals surface area (Å²) in [6.45, 7) is 0. The molecule has 0 heterocycles. The first-order valence-electron chi connectivity index (χ1n) is 4.49. The molecule has 3 atom stereocenters. The van der Waals surface area contributed by atoms with Crippen LogP contribution in [0.25, 0.3) is 0 Å². The molecule has 0 radical (unpaired) electrons. The summed E-state index contributed by atoms with van der Waals surface area (Å²) in [7, 11) is 0. The molecule has 2 fully saturated rings. The molecule has 3 aliphatic rings. The molecule has 3 rings (SSSR count). The van der Waals surface area contributed by atoms with Crippen molar-refractivity contribution in [1.82, 2.24) is 0 Å². The van der Waals surface area contributed by atoms with Crippen molar-refractivity contribution in [2.24, 2.45) is 17.3 Å². The monoisotopic (exact) mass is 162 g/mol. The van der Waals surface area contributed by atoms with Crippen LogP contribution in [-0.4, -0.2) is 11.6 Å². The van der Waals surface area contributed by atoms with Gasteiger partial charge in [-0.05, 0) is 31.3 Å². The Kier molecular flexibility index (Phi) is 0.935. The van der Waals surface area contributed by atoms with E-state index in [2.05, 4.69) is 0 Å². The maximum Gasteiger partial charge on any atom is 0.169 e. The number of ketones is 2. The standard InChI is InChI=1S/C10H10O2/c11-8-2-1-3-10(8)5-6-4-7(6)9(10)12/h1-2,6-7H,3-5H2. The van der Waals surface area contributed by atoms with Gasteiger partial charge in [0.1, 0.15) is 5.78 Å². The Morgan fingerprint density at radius 1 is 1.42 bits per heavy atom. The Hall–Kier alpha value is -0.920. The van der Waals surface area contributed by atoms with E-state index in [0.29, 0.717) is 12.3 Å². The number of carbonyl (C=O) groups excluding carboxylic acids is 2. The van der Waals surface area contributed by atoms with Crippen molar-refractivity contribution in [2.75, 3.05) is 0 Å². The molecule has 0 amide bonds. The van der Waals surface area contributed by atoms with Gasteiger partial charge < -0.3 is 0 Å². The maximum atomic E-state index is 11.7. The topological polar surface area (TPSA) is 34.1 Å². The molecular weight excluding hydrogens is 152 g/mol. The normalized spacial score (nSPS) is 49.0. The fraction of sp³-hybridized carbons (Fsp3) is 0.600. The number of hydrogen-bond acceptors (Lipinski definition) is 2. The summed E-state index contributed by atoms with van der Waals surface area (Å²) in [6, 6.07) is 0. The fourth-order valence-electron chi connectivity index (χ4n) is 2.73. The Bertz CT molecular complexity index is 316. The fourth-order valence-corrected chi connectivity index (χ4v) is 2.73. The molecule has 62 valence electrons. The van der Waals surface area contributed by atoms with E-state index in [0.717, 1.165) is 12.8 Å². The largest absolute Gasteiger partial charge is 0.298 e. The summed E-state index contributed by atoms with van der Waals surface area (Å²) >= 11 is 0. The van der Waals surface area contributed by atoms with Crippen LogP contribution in [0.1, 0.15) is 19.3 Å². The summed E-state index contributed by atoms with van der Waals surface area (Å²) in [5.74, 6) is 1.12. The van der Waals surface area contributed by atoms with Gasteiger partial charge in [-0.15, -0.1) is 0 Å². The van der Waals surface area contributed by atoms with Crippen molar-refractivity contribution in [3.8, 4) is 0 Å². The van der Waals surface area contributed by atoms with Gasteiger partial charge in [0, 0.05) is 5.92 Å². The average molecular weight is 162 g/mol. The molecule has 2 heteroatoms. The van der Waals surface area contributed by atoms with Crippen molar-refractivity contribution < 1.29 is 9.59 Å². The molecule has 2 nitrogen and oxygen atoms in total. The molecule has 2 saturated carbocycles. The van der Waals surface area contributed by atoms with Crippen LogP contribution in [0.15, 0.2) is 12.2 Å². The van der Waals surface area contributed by atoms with E-state index in [4.69, 9.17) is 0 Å². The smallest absolute Gasteiger partial charge is 0.169 e. The Morgan fingerprint density at radius 3 is 2.75 bits per heavy atom. The first-order valence-corrected chi connectivity index (χ1v) is 4.49. The molecule has 3 aliphatic carbocycles. The van der Waals surface area contributed by atoms with Crippen LogP contribution in [-0.2, 0) is 9.59 Å². The lowest BCUT2D eigenvalue weighted by Gasteiger charge is -2.20. The summed E-state index contributed by atoms with van der Waals surface area (Å²) in [4.78, 5) is 23.2. The third kappa shape index (κ3) is 0.542. The van der Waals surface area contributed by atoms with Crippen LogP contribution in [0, 0.1) is 17.3 Å². The van der Waals surface area contributed by atoms with Crippen molar-refractivity contribution >= 4 is 11.6 Å². The second-order valence-electron chi connectivity index (χ2n) is 4.22. The van der Waals surface area contributed by atoms with E-state index in [1.165, 1.54) is 0 Å². The minimum atomic E-state index is -0.562. The SMILES string of the molecule is O=C1C=CCC12CC1CC1C2=O. The third-order valence-corrected chi connectivity index (χ3v) is 3.55. The van der Waals surface area contributed by atoms with Gasteiger partial charge in [-0.2, -0.15) is 0 Å². The van der Waals surface area contributed by atoms with Gasteiger partial charge in [0.15, 0.2) is 5.78 Å². The van der Waals surface area contributed by atoms with Gasteiger partial charge in [-0.3, -0.25) is 9.59 Å². The Morgan fingerprint density at radius 2 is 2.25 bits per heavy atom. The van der Waals surface area contributed by atoms with Gasteiger partial charge in [-0.25, -0.2) is 0 Å². The summed E-state index contributed by atoms with van der Waals surface area (Å²) in [5.41, 5.74) is -0.562. The number of fused-ring (bicyclic) bond motifs is 1. The predicted octanol–water partition coefficient (Wildman–Crippen LogP) is 1.11. The number of Topliss-reactive ketones (excluding diaryl/α,β-unsaturated/α-hetero) is 1. The van der Waals surface area contributed by atoms with Gasteiger partial charge in [-0.1, -0.05) is 6.08 Å². The zero-order chi connectivity index (χ0) is 8.34. The molecule has 0 aliphatic heterocycles. The lowest BCUT2D eigenvalue weighted by molar-refractivity contribution is -0.136. The molecule has 3 unspecified atom stereocenters. The minimum absolute atomic E-state index is 0.0692. The minimum Gasteiger partial charge on any atom is -0.298 e. The molecule has 0 aromatic carbocycles. The van der Waals surface area contributed by atoms with Crippen molar-refractivity contribution in [1.29, 1.82) is 0 Å². The molecule has 0 saturated heterocycles. The summed E-state index contributed by atoms with van der Waals surface area (Å²) in [6.07, 6.45) is 6.00. The summed E-state index contributed by atoms with van der Waals surface area (Å²) in [5, 5.41) is 0. The second kappa shape index (κ2) is 1.70. The average Bonchev–Trinajstić information content (AvgIpc) is 2.63. The maximum absolute atomic E-state index is 11.7. The van der Waals surface area contributed by atoms with E-state index in [1.807, 2.05) is 6.08 Å². The van der Waals surface area contributed by atoms with Crippen LogP contribution in [0.2, 0.25) is 0 Å². The summed E-state index contributed by atoms with van der Waals surface area (Å²) < 4.78 is 0. The van der Waals surface area contributed by atoms with Crippen molar-refractivity contribution in [3.63, 3.8) is 0 Å². The second-order valence-corrected chi connectivity index (χ2v) is 4.22. The van der Waals surface area contributed by atoms with Crippen LogP contribution < -0.4 is 0 Å². The highest BCUT2D eigenvalue weighted by Gasteiger charge is 2.63. The molecule has 12 heavy (non-hydrogen) atoms. The predicted molar refractivity (Wildman–Crippen MR) is 42.4 cm³/mol. The quantitative estimate of drug-likeness (QED) is 0.500. The highest BCUT2D eigenvalue weighted by Crippen LogP contribution is 2.60. The zero-order valence-electron chi connectivity index (χ0n) is 6.75. The van der Waals surface area contributed by atoms with Crippen molar-refractivity contribution in [3.05, 3.63) is 12.2 Å². The lowest BCUT2D eigenvalue weighted by Crippen LogP contribution is -2.33.